The third kappa shape index (κ3) is 6.89. The minimum atomic E-state index is -0.133. The minimum absolute atomic E-state index is 0. The van der Waals surface area contributed by atoms with Crippen LogP contribution >= 0.6 is 12.4 Å². The number of carbonyl (C=O) groups excluding carboxylic acids is 2. The lowest BCUT2D eigenvalue weighted by atomic mass is 9.93. The van der Waals surface area contributed by atoms with E-state index in [1.54, 1.807) is 11.9 Å². The van der Waals surface area contributed by atoms with Crippen LogP contribution < -0.4 is 10.5 Å². The number of nitrogens with two attached hydrogens (primary N) is 1. The van der Waals surface area contributed by atoms with Crippen molar-refractivity contribution < 1.29 is 14.3 Å². The van der Waals surface area contributed by atoms with E-state index in [9.17, 15) is 9.59 Å². The first-order chi connectivity index (χ1) is 13.1. The largest absolute Gasteiger partial charge is 0.483 e. The number of amides is 2. The quantitative estimate of drug-likeness (QED) is 0.727. The Morgan fingerprint density at radius 2 is 1.69 bits per heavy atom. The number of piperidine rings is 1. The molecule has 1 heterocycles. The van der Waals surface area contributed by atoms with Gasteiger partial charge in [-0.2, -0.15) is 0 Å². The zero-order chi connectivity index (χ0) is 20.9. The van der Waals surface area contributed by atoms with Crippen LogP contribution in [0.1, 0.15) is 54.6 Å². The lowest BCUT2D eigenvalue weighted by Gasteiger charge is -2.29. The maximum Gasteiger partial charge on any atom is 0.260 e. The molecule has 29 heavy (non-hydrogen) atoms. The molecule has 1 aliphatic heterocycles. The Hall–Kier alpha value is -1.79. The second-order valence-corrected chi connectivity index (χ2v) is 8.70. The molecule has 2 rings (SSSR count). The van der Waals surface area contributed by atoms with Crippen LogP contribution in [0.25, 0.3) is 0 Å². The molecule has 2 amide bonds. The van der Waals surface area contributed by atoms with Gasteiger partial charge in [-0.05, 0) is 68.3 Å². The molecule has 0 aromatic heterocycles. The van der Waals surface area contributed by atoms with E-state index in [-0.39, 0.29) is 36.2 Å². The van der Waals surface area contributed by atoms with Crippen LogP contribution in [-0.2, 0) is 4.79 Å². The summed E-state index contributed by atoms with van der Waals surface area (Å²) in [5.41, 5.74) is 8.00. The summed E-state index contributed by atoms with van der Waals surface area (Å²) in [6.45, 7) is 10.7. The maximum absolute atomic E-state index is 12.8. The molecule has 1 saturated heterocycles. The third-order valence-electron chi connectivity index (χ3n) is 5.32. The Bertz CT molecular complexity index is 692. The van der Waals surface area contributed by atoms with Gasteiger partial charge in [-0.1, -0.05) is 13.8 Å². The third-order valence-corrected chi connectivity index (χ3v) is 5.32. The molecule has 0 radical (unpaired) electrons. The molecule has 0 atom stereocenters. The lowest BCUT2D eigenvalue weighted by molar-refractivity contribution is -0.134. The number of likely N-dealkylation sites (tertiary alicyclic amines) is 1. The van der Waals surface area contributed by atoms with Crippen LogP contribution in [0.2, 0.25) is 0 Å². The Balaban J connectivity index is 0.00000420. The first-order valence-electron chi connectivity index (χ1n) is 10.1. The second-order valence-electron chi connectivity index (χ2n) is 8.70. The molecule has 0 bridgehead atoms. The average molecular weight is 426 g/mol. The van der Waals surface area contributed by atoms with Crippen molar-refractivity contribution in [3.8, 4) is 5.75 Å². The van der Waals surface area contributed by atoms with Gasteiger partial charge in [-0.25, -0.2) is 0 Å². The minimum Gasteiger partial charge on any atom is -0.483 e. The van der Waals surface area contributed by atoms with Crippen LogP contribution in [0.15, 0.2) is 12.1 Å². The van der Waals surface area contributed by atoms with E-state index in [4.69, 9.17) is 10.5 Å². The van der Waals surface area contributed by atoms with Gasteiger partial charge in [-0.3, -0.25) is 9.59 Å². The molecule has 2 N–H and O–H groups in total. The highest BCUT2D eigenvalue weighted by molar-refractivity contribution is 5.94. The van der Waals surface area contributed by atoms with Crippen molar-refractivity contribution in [1.82, 2.24) is 9.80 Å². The van der Waals surface area contributed by atoms with Gasteiger partial charge in [0.15, 0.2) is 6.61 Å². The van der Waals surface area contributed by atoms with Crippen molar-refractivity contribution in [2.45, 2.75) is 47.0 Å². The summed E-state index contributed by atoms with van der Waals surface area (Å²) < 4.78 is 5.84. The molecule has 7 heteroatoms. The van der Waals surface area contributed by atoms with Gasteiger partial charge in [0, 0.05) is 32.2 Å². The molecule has 6 nitrogen and oxygen atoms in total. The Morgan fingerprint density at radius 3 is 2.21 bits per heavy atom. The number of halogens is 1. The number of hydrogen-bond donors (Lipinski definition) is 1. The van der Waals surface area contributed by atoms with Crippen molar-refractivity contribution in [2.75, 3.05) is 39.8 Å². The van der Waals surface area contributed by atoms with E-state index in [0.717, 1.165) is 37.1 Å². The second kappa shape index (κ2) is 10.8. The highest BCUT2D eigenvalue weighted by Crippen LogP contribution is 2.26. The average Bonchev–Trinajstić information content (AvgIpc) is 2.66. The standard InChI is InChI=1S/C22H35N3O3.ClH/c1-16-11-18(21(27)24(5)15-22(3,4)14-23)12-17(2)20(16)28-13-19(26)25-9-7-6-8-10-25;/h11-12H,6-10,13-15,23H2,1-5H3;1H. The van der Waals surface area contributed by atoms with E-state index in [0.29, 0.717) is 24.4 Å². The predicted molar refractivity (Wildman–Crippen MR) is 119 cm³/mol. The zero-order valence-corrected chi connectivity index (χ0v) is 19.2. The molecule has 1 aromatic carbocycles. The van der Waals surface area contributed by atoms with Gasteiger partial charge >= 0.3 is 0 Å². The van der Waals surface area contributed by atoms with Crippen LogP contribution in [0, 0.1) is 19.3 Å². The van der Waals surface area contributed by atoms with Crippen molar-refractivity contribution in [2.24, 2.45) is 11.1 Å². The fourth-order valence-electron chi connectivity index (χ4n) is 3.67. The van der Waals surface area contributed by atoms with Crippen LogP contribution in [-0.4, -0.2) is 61.4 Å². The summed E-state index contributed by atoms with van der Waals surface area (Å²) in [5.74, 6) is 0.679. The SMILES string of the molecule is Cc1cc(C(=O)N(C)CC(C)(C)CN)cc(C)c1OCC(=O)N1CCCCC1.Cl. The molecule has 1 aromatic rings. The number of ether oxygens (including phenoxy) is 1. The van der Waals surface area contributed by atoms with Gasteiger partial charge in [0.05, 0.1) is 0 Å². The Kier molecular flexibility index (Phi) is 9.43. The Labute approximate surface area is 181 Å². The molecule has 164 valence electrons. The van der Waals surface area contributed by atoms with Crippen molar-refractivity contribution in [3.05, 3.63) is 28.8 Å². The maximum atomic E-state index is 12.8. The van der Waals surface area contributed by atoms with Gasteiger partial charge in [0.2, 0.25) is 0 Å². The highest BCUT2D eigenvalue weighted by Gasteiger charge is 2.23. The highest BCUT2D eigenvalue weighted by atomic mass is 35.5. The monoisotopic (exact) mass is 425 g/mol. The van der Waals surface area contributed by atoms with Crippen molar-refractivity contribution in [3.63, 3.8) is 0 Å². The predicted octanol–water partition coefficient (Wildman–Crippen LogP) is 3.17. The number of benzene rings is 1. The van der Waals surface area contributed by atoms with Gasteiger partial charge in [0.1, 0.15) is 5.75 Å². The summed E-state index contributed by atoms with van der Waals surface area (Å²) in [6, 6.07) is 3.67. The lowest BCUT2D eigenvalue weighted by Crippen LogP contribution is -2.39. The molecule has 0 saturated carbocycles. The molecule has 1 aliphatic rings. The normalized spacial score (nSPS) is 14.2. The summed E-state index contributed by atoms with van der Waals surface area (Å²) in [7, 11) is 1.80. The van der Waals surface area contributed by atoms with Crippen molar-refractivity contribution in [1.29, 1.82) is 0 Å². The summed E-state index contributed by atoms with van der Waals surface area (Å²) in [5, 5.41) is 0. The van der Waals surface area contributed by atoms with Gasteiger partial charge in [-0.15, -0.1) is 12.4 Å². The summed E-state index contributed by atoms with van der Waals surface area (Å²) >= 11 is 0. The fraction of sp³-hybridized carbons (Fsp3) is 0.636. The number of hydrogen-bond acceptors (Lipinski definition) is 4. The fourth-order valence-corrected chi connectivity index (χ4v) is 3.67. The molecular formula is C22H36ClN3O3. The first kappa shape index (κ1) is 25.2. The van der Waals surface area contributed by atoms with E-state index in [1.165, 1.54) is 6.42 Å². The molecule has 0 aliphatic carbocycles. The smallest absolute Gasteiger partial charge is 0.260 e. The van der Waals surface area contributed by atoms with E-state index in [1.807, 2.05) is 44.7 Å². The number of nitrogens with zero attached hydrogens (tertiary/aromatic N) is 2. The topological polar surface area (TPSA) is 75.9 Å². The number of aryl methyl sites for hydroxylation is 2. The van der Waals surface area contributed by atoms with E-state index in [2.05, 4.69) is 0 Å². The summed E-state index contributed by atoms with van der Waals surface area (Å²) in [4.78, 5) is 28.7. The first-order valence-corrected chi connectivity index (χ1v) is 10.1. The molecule has 0 unspecified atom stereocenters. The van der Waals surface area contributed by atoms with E-state index < -0.39 is 0 Å². The Morgan fingerprint density at radius 1 is 1.14 bits per heavy atom. The van der Waals surface area contributed by atoms with E-state index >= 15 is 0 Å². The number of rotatable bonds is 7. The van der Waals surface area contributed by atoms with Gasteiger partial charge < -0.3 is 20.3 Å². The summed E-state index contributed by atoms with van der Waals surface area (Å²) in [6.07, 6.45) is 3.32. The molecule has 1 fully saturated rings. The van der Waals surface area contributed by atoms with Crippen molar-refractivity contribution >= 4 is 24.2 Å². The zero-order valence-electron chi connectivity index (χ0n) is 18.4. The van der Waals surface area contributed by atoms with Crippen LogP contribution in [0.4, 0.5) is 0 Å². The van der Waals surface area contributed by atoms with Crippen LogP contribution in [0.3, 0.4) is 0 Å². The molecular weight excluding hydrogens is 390 g/mol. The van der Waals surface area contributed by atoms with Crippen LogP contribution in [0.5, 0.6) is 5.75 Å². The molecule has 0 spiro atoms. The number of carbonyl (C=O) groups is 2. The van der Waals surface area contributed by atoms with Gasteiger partial charge in [0.25, 0.3) is 11.8 Å².